The summed E-state index contributed by atoms with van der Waals surface area (Å²) >= 11 is 5.82. The third kappa shape index (κ3) is 5.33. The van der Waals surface area contributed by atoms with Gasteiger partial charge in [-0.1, -0.05) is 29.3 Å². The van der Waals surface area contributed by atoms with Gasteiger partial charge in [0, 0.05) is 27.6 Å². The number of anilines is 3. The number of nitrogens with one attached hydrogen (secondary N) is 3. The van der Waals surface area contributed by atoms with Crippen LogP contribution in [0.15, 0.2) is 72.8 Å². The van der Waals surface area contributed by atoms with Gasteiger partial charge in [0.15, 0.2) is 0 Å². The van der Waals surface area contributed by atoms with Crippen LogP contribution in [0, 0.1) is 6.92 Å². The van der Waals surface area contributed by atoms with Crippen molar-refractivity contribution in [2.45, 2.75) is 6.92 Å². The molecule has 0 aliphatic rings. The summed E-state index contributed by atoms with van der Waals surface area (Å²) in [6, 6.07) is 20.7. The van der Waals surface area contributed by atoms with Crippen molar-refractivity contribution in [3.8, 4) is 0 Å². The highest BCUT2D eigenvalue weighted by Gasteiger charge is 2.07. The van der Waals surface area contributed by atoms with Crippen molar-refractivity contribution in [2.24, 2.45) is 0 Å². The van der Waals surface area contributed by atoms with Gasteiger partial charge >= 0.3 is 6.03 Å². The second-order valence-corrected chi connectivity index (χ2v) is 6.42. The molecule has 3 N–H and O–H groups in total. The molecular weight excluding hydrogens is 362 g/mol. The second kappa shape index (κ2) is 8.38. The molecule has 3 rings (SSSR count). The fraction of sp³-hybridized carbons (Fsp3) is 0.0476. The number of aryl methyl sites for hydroxylation is 1. The van der Waals surface area contributed by atoms with E-state index in [1.165, 1.54) is 0 Å². The summed E-state index contributed by atoms with van der Waals surface area (Å²) in [5, 5.41) is 8.87. The highest BCUT2D eigenvalue weighted by atomic mass is 35.5. The highest BCUT2D eigenvalue weighted by Crippen LogP contribution is 2.17. The molecule has 0 radical (unpaired) electrons. The van der Waals surface area contributed by atoms with Crippen LogP contribution < -0.4 is 16.0 Å². The van der Waals surface area contributed by atoms with Crippen LogP contribution in [0.2, 0.25) is 5.02 Å². The molecule has 3 aromatic carbocycles. The number of carbonyl (C=O) groups is 2. The molecule has 6 heteroatoms. The zero-order valence-electron chi connectivity index (χ0n) is 14.6. The van der Waals surface area contributed by atoms with Crippen molar-refractivity contribution >= 4 is 40.6 Å². The van der Waals surface area contributed by atoms with Crippen molar-refractivity contribution in [1.82, 2.24) is 0 Å². The van der Waals surface area contributed by atoms with E-state index in [0.717, 1.165) is 5.56 Å². The van der Waals surface area contributed by atoms with Gasteiger partial charge < -0.3 is 16.0 Å². The lowest BCUT2D eigenvalue weighted by Crippen LogP contribution is -2.19. The predicted octanol–water partition coefficient (Wildman–Crippen LogP) is 5.54. The summed E-state index contributed by atoms with van der Waals surface area (Å²) in [4.78, 5) is 24.3. The zero-order valence-corrected chi connectivity index (χ0v) is 15.4. The number of hydrogen-bond acceptors (Lipinski definition) is 2. The topological polar surface area (TPSA) is 70.2 Å². The molecule has 0 saturated carbocycles. The van der Waals surface area contributed by atoms with Crippen LogP contribution in [-0.4, -0.2) is 11.9 Å². The quantitative estimate of drug-likeness (QED) is 0.556. The molecule has 3 amide bonds. The van der Waals surface area contributed by atoms with Gasteiger partial charge in [-0.15, -0.1) is 0 Å². The third-order valence-corrected chi connectivity index (χ3v) is 4.03. The van der Waals surface area contributed by atoms with Crippen LogP contribution in [0.4, 0.5) is 21.9 Å². The monoisotopic (exact) mass is 379 g/mol. The average Bonchev–Trinajstić information content (AvgIpc) is 2.65. The Bertz CT molecular complexity index is 954. The molecule has 0 spiro atoms. The maximum atomic E-state index is 12.3. The summed E-state index contributed by atoms with van der Waals surface area (Å²) in [5.74, 6) is -0.181. The van der Waals surface area contributed by atoms with E-state index >= 15 is 0 Å². The summed E-state index contributed by atoms with van der Waals surface area (Å²) in [5.41, 5.74) is 3.51. The normalized spacial score (nSPS) is 10.1. The fourth-order valence-corrected chi connectivity index (χ4v) is 2.58. The minimum Gasteiger partial charge on any atom is -0.322 e. The number of benzene rings is 3. The Balaban J connectivity index is 1.57. The van der Waals surface area contributed by atoms with Gasteiger partial charge in [-0.3, -0.25) is 4.79 Å². The minimum absolute atomic E-state index is 0.181. The maximum absolute atomic E-state index is 12.3. The van der Waals surface area contributed by atoms with Crippen LogP contribution in [-0.2, 0) is 0 Å². The Labute approximate surface area is 162 Å². The first kappa shape index (κ1) is 18.5. The highest BCUT2D eigenvalue weighted by molar-refractivity contribution is 6.30. The summed E-state index contributed by atoms with van der Waals surface area (Å²) in [7, 11) is 0. The van der Waals surface area contributed by atoms with Gasteiger partial charge in [-0.05, 0) is 67.6 Å². The van der Waals surface area contributed by atoms with Gasteiger partial charge in [0.2, 0.25) is 0 Å². The van der Waals surface area contributed by atoms with Crippen LogP contribution in [0.3, 0.4) is 0 Å². The summed E-state index contributed by atoms with van der Waals surface area (Å²) in [6.07, 6.45) is 0. The Morgan fingerprint density at radius 2 is 1.26 bits per heavy atom. The number of rotatable bonds is 4. The third-order valence-electron chi connectivity index (χ3n) is 3.78. The maximum Gasteiger partial charge on any atom is 0.323 e. The fourth-order valence-electron chi connectivity index (χ4n) is 2.45. The molecule has 136 valence electrons. The van der Waals surface area contributed by atoms with E-state index in [1.807, 2.05) is 25.1 Å². The Hall–Kier alpha value is -3.31. The molecule has 0 aliphatic heterocycles. The number of halogens is 1. The minimum atomic E-state index is -0.367. The van der Waals surface area contributed by atoms with Crippen LogP contribution >= 0.6 is 11.6 Å². The molecule has 0 saturated heterocycles. The molecule has 0 aliphatic carbocycles. The first-order valence-corrected chi connectivity index (χ1v) is 8.69. The van der Waals surface area contributed by atoms with Crippen molar-refractivity contribution in [3.63, 3.8) is 0 Å². The van der Waals surface area contributed by atoms with E-state index in [4.69, 9.17) is 11.6 Å². The largest absolute Gasteiger partial charge is 0.323 e. The summed E-state index contributed by atoms with van der Waals surface area (Å²) < 4.78 is 0. The number of carbonyl (C=O) groups excluding carboxylic acids is 2. The molecule has 0 atom stereocenters. The lowest BCUT2D eigenvalue weighted by atomic mass is 10.1. The first-order valence-electron chi connectivity index (χ1n) is 8.31. The SMILES string of the molecule is Cc1cccc(C(=O)Nc2ccc(NC(=O)Nc3ccc(Cl)cc3)cc2)c1. The van der Waals surface area contributed by atoms with E-state index in [0.29, 0.717) is 27.6 Å². The van der Waals surface area contributed by atoms with Crippen molar-refractivity contribution in [1.29, 1.82) is 0 Å². The smallest absolute Gasteiger partial charge is 0.322 e. The van der Waals surface area contributed by atoms with Gasteiger partial charge in [0.05, 0.1) is 0 Å². The van der Waals surface area contributed by atoms with Gasteiger partial charge in [-0.25, -0.2) is 4.79 Å². The van der Waals surface area contributed by atoms with Crippen LogP contribution in [0.25, 0.3) is 0 Å². The molecule has 0 heterocycles. The number of urea groups is 1. The van der Waals surface area contributed by atoms with E-state index in [9.17, 15) is 9.59 Å². The Morgan fingerprint density at radius 3 is 1.81 bits per heavy atom. The molecule has 0 fully saturated rings. The molecule has 0 bridgehead atoms. The Morgan fingerprint density at radius 1 is 0.741 bits per heavy atom. The number of amides is 3. The van der Waals surface area contributed by atoms with E-state index in [2.05, 4.69) is 16.0 Å². The summed E-state index contributed by atoms with van der Waals surface area (Å²) in [6.45, 7) is 1.94. The standard InChI is InChI=1S/C21H18ClN3O2/c1-14-3-2-4-15(13-14)20(26)23-17-9-11-19(12-10-17)25-21(27)24-18-7-5-16(22)6-8-18/h2-13H,1H3,(H,23,26)(H2,24,25,27). The van der Waals surface area contributed by atoms with Crippen LogP contribution in [0.1, 0.15) is 15.9 Å². The molecular formula is C21H18ClN3O2. The molecule has 0 unspecified atom stereocenters. The first-order chi connectivity index (χ1) is 13.0. The molecule has 0 aromatic heterocycles. The van der Waals surface area contributed by atoms with Crippen LogP contribution in [0.5, 0.6) is 0 Å². The van der Waals surface area contributed by atoms with Gasteiger partial charge in [0.1, 0.15) is 0 Å². The average molecular weight is 380 g/mol. The zero-order chi connectivity index (χ0) is 19.2. The van der Waals surface area contributed by atoms with Gasteiger partial charge in [0.25, 0.3) is 5.91 Å². The molecule has 3 aromatic rings. The molecule has 27 heavy (non-hydrogen) atoms. The lowest BCUT2D eigenvalue weighted by molar-refractivity contribution is 0.102. The van der Waals surface area contributed by atoms with Crippen molar-refractivity contribution < 1.29 is 9.59 Å². The van der Waals surface area contributed by atoms with E-state index in [-0.39, 0.29) is 11.9 Å². The van der Waals surface area contributed by atoms with Crippen molar-refractivity contribution in [3.05, 3.63) is 88.9 Å². The predicted molar refractivity (Wildman–Crippen MR) is 110 cm³/mol. The molecule has 5 nitrogen and oxygen atoms in total. The lowest BCUT2D eigenvalue weighted by Gasteiger charge is -2.09. The second-order valence-electron chi connectivity index (χ2n) is 5.99. The van der Waals surface area contributed by atoms with Crippen molar-refractivity contribution in [2.75, 3.05) is 16.0 Å². The van der Waals surface area contributed by atoms with E-state index < -0.39 is 0 Å². The van der Waals surface area contributed by atoms with E-state index in [1.54, 1.807) is 54.6 Å². The Kier molecular flexibility index (Phi) is 5.74. The number of hydrogen-bond donors (Lipinski definition) is 3. The van der Waals surface area contributed by atoms with Gasteiger partial charge in [-0.2, -0.15) is 0 Å².